The number of hydrogen-bond donors (Lipinski definition) is 2. The molecule has 5 nitrogen and oxygen atoms in total. The highest BCUT2D eigenvalue weighted by Crippen LogP contribution is 2.32. The highest BCUT2D eigenvalue weighted by atomic mass is 16.5. The molecule has 0 radical (unpaired) electrons. The summed E-state index contributed by atoms with van der Waals surface area (Å²) in [5.74, 6) is 0.793. The molecule has 0 aromatic rings. The van der Waals surface area contributed by atoms with Crippen molar-refractivity contribution in [2.45, 2.75) is 63.1 Å². The molecule has 2 bridgehead atoms. The van der Waals surface area contributed by atoms with Crippen LogP contribution in [0, 0.1) is 5.92 Å². The lowest BCUT2D eigenvalue weighted by molar-refractivity contribution is -0.122. The van der Waals surface area contributed by atoms with Gasteiger partial charge in [-0.15, -0.1) is 0 Å². The Kier molecular flexibility index (Phi) is 5.49. The van der Waals surface area contributed by atoms with Gasteiger partial charge in [0.15, 0.2) is 0 Å². The molecule has 21 heavy (non-hydrogen) atoms. The summed E-state index contributed by atoms with van der Waals surface area (Å²) in [6, 6.07) is 1.34. The number of amides is 1. The Hall–Kier alpha value is -0.650. The number of fused-ring (bicyclic) bond motifs is 2. The van der Waals surface area contributed by atoms with Gasteiger partial charge in [0.25, 0.3) is 0 Å². The molecule has 120 valence electrons. The van der Waals surface area contributed by atoms with Crippen LogP contribution in [0.2, 0.25) is 0 Å². The minimum absolute atomic E-state index is 0.213. The second-order valence-electron chi connectivity index (χ2n) is 6.74. The summed E-state index contributed by atoms with van der Waals surface area (Å²) in [7, 11) is 0. The fourth-order valence-electron chi connectivity index (χ4n) is 3.87. The zero-order chi connectivity index (χ0) is 14.5. The first-order chi connectivity index (χ1) is 10.3. The summed E-state index contributed by atoms with van der Waals surface area (Å²) in [6.07, 6.45) is 7.81. The average Bonchev–Trinajstić information content (AvgIpc) is 3.08. The molecule has 0 aliphatic carbocycles. The van der Waals surface area contributed by atoms with Crippen LogP contribution in [-0.2, 0) is 14.3 Å². The summed E-state index contributed by atoms with van der Waals surface area (Å²) >= 11 is 0. The fourth-order valence-corrected chi connectivity index (χ4v) is 3.87. The Morgan fingerprint density at radius 1 is 1.24 bits per heavy atom. The van der Waals surface area contributed by atoms with Crippen LogP contribution >= 0.6 is 0 Å². The maximum atomic E-state index is 12.0. The van der Waals surface area contributed by atoms with Crippen molar-refractivity contribution in [1.29, 1.82) is 0 Å². The Balaban J connectivity index is 1.23. The Bertz CT molecular complexity index is 332. The van der Waals surface area contributed by atoms with Crippen LogP contribution in [0.5, 0.6) is 0 Å². The van der Waals surface area contributed by atoms with Crippen molar-refractivity contribution in [2.24, 2.45) is 5.92 Å². The molecule has 5 heteroatoms. The predicted octanol–water partition coefficient (Wildman–Crippen LogP) is 1.22. The Labute approximate surface area is 127 Å². The zero-order valence-corrected chi connectivity index (χ0v) is 12.8. The molecule has 0 spiro atoms. The molecule has 3 fully saturated rings. The van der Waals surface area contributed by atoms with Crippen LogP contribution in [0.25, 0.3) is 0 Å². The highest BCUT2D eigenvalue weighted by molar-refractivity contribution is 5.76. The first-order valence-corrected chi connectivity index (χ1v) is 8.51. The van der Waals surface area contributed by atoms with Gasteiger partial charge in [0.05, 0.1) is 12.7 Å². The van der Waals surface area contributed by atoms with Crippen LogP contribution < -0.4 is 10.6 Å². The summed E-state index contributed by atoms with van der Waals surface area (Å²) in [5.41, 5.74) is 0. The van der Waals surface area contributed by atoms with E-state index >= 15 is 0 Å². The van der Waals surface area contributed by atoms with Gasteiger partial charge in [-0.3, -0.25) is 4.79 Å². The van der Waals surface area contributed by atoms with Gasteiger partial charge in [0.1, 0.15) is 0 Å². The fraction of sp³-hybridized carbons (Fsp3) is 0.938. The highest BCUT2D eigenvalue weighted by Gasteiger charge is 2.34. The van der Waals surface area contributed by atoms with E-state index in [1.807, 2.05) is 0 Å². The topological polar surface area (TPSA) is 59.6 Å². The van der Waals surface area contributed by atoms with E-state index in [0.717, 1.165) is 32.6 Å². The molecule has 3 aliphatic rings. The molecule has 3 saturated heterocycles. The van der Waals surface area contributed by atoms with E-state index in [1.165, 1.54) is 25.7 Å². The van der Waals surface area contributed by atoms with Crippen LogP contribution in [0.15, 0.2) is 0 Å². The molecular weight excluding hydrogens is 268 g/mol. The maximum absolute atomic E-state index is 12.0. The van der Waals surface area contributed by atoms with Crippen molar-refractivity contribution in [3.8, 4) is 0 Å². The van der Waals surface area contributed by atoms with E-state index in [9.17, 15) is 4.79 Å². The SMILES string of the molecule is O=C(CC1CC2CCC(C1)N2)NCCCOC1CCOC1. The smallest absolute Gasteiger partial charge is 0.220 e. The molecule has 0 saturated carbocycles. The average molecular weight is 296 g/mol. The van der Waals surface area contributed by atoms with Crippen molar-refractivity contribution in [3.05, 3.63) is 0 Å². The molecule has 3 rings (SSSR count). The van der Waals surface area contributed by atoms with Gasteiger partial charge in [-0.05, 0) is 44.4 Å². The van der Waals surface area contributed by atoms with Crippen molar-refractivity contribution < 1.29 is 14.3 Å². The van der Waals surface area contributed by atoms with Gasteiger partial charge in [0, 0.05) is 38.3 Å². The lowest BCUT2D eigenvalue weighted by Crippen LogP contribution is -2.39. The maximum Gasteiger partial charge on any atom is 0.220 e. The van der Waals surface area contributed by atoms with E-state index in [-0.39, 0.29) is 12.0 Å². The molecule has 0 aromatic heterocycles. The Morgan fingerprint density at radius 3 is 2.76 bits per heavy atom. The van der Waals surface area contributed by atoms with Crippen LogP contribution in [0.3, 0.4) is 0 Å². The van der Waals surface area contributed by atoms with Crippen LogP contribution in [0.4, 0.5) is 0 Å². The standard InChI is InChI=1S/C16H28N2O3/c19-16(10-12-8-13-2-3-14(9-12)18-13)17-5-1-6-21-15-4-7-20-11-15/h12-15,18H,1-11H2,(H,17,19). The predicted molar refractivity (Wildman–Crippen MR) is 80.1 cm³/mol. The second-order valence-corrected chi connectivity index (χ2v) is 6.74. The lowest BCUT2D eigenvalue weighted by Gasteiger charge is -2.28. The first kappa shape index (κ1) is 15.3. The van der Waals surface area contributed by atoms with Crippen molar-refractivity contribution in [2.75, 3.05) is 26.4 Å². The number of ether oxygens (including phenoxy) is 2. The summed E-state index contributed by atoms with van der Waals surface area (Å²) in [5, 5.41) is 6.66. The number of piperidine rings is 1. The van der Waals surface area contributed by atoms with E-state index < -0.39 is 0 Å². The number of rotatable bonds is 7. The van der Waals surface area contributed by atoms with Crippen molar-refractivity contribution in [1.82, 2.24) is 10.6 Å². The molecule has 3 atom stereocenters. The van der Waals surface area contributed by atoms with Gasteiger partial charge in [-0.25, -0.2) is 0 Å². The van der Waals surface area contributed by atoms with Gasteiger partial charge in [-0.2, -0.15) is 0 Å². The number of carbonyl (C=O) groups excluding carboxylic acids is 1. The quantitative estimate of drug-likeness (QED) is 0.694. The molecule has 3 aliphatic heterocycles. The summed E-state index contributed by atoms with van der Waals surface area (Å²) in [4.78, 5) is 12.0. The molecular formula is C16H28N2O3. The van der Waals surface area contributed by atoms with Crippen LogP contribution in [-0.4, -0.2) is 50.5 Å². The number of nitrogens with one attached hydrogen (secondary N) is 2. The zero-order valence-electron chi connectivity index (χ0n) is 12.8. The normalized spacial score (nSPS) is 35.0. The third-order valence-electron chi connectivity index (χ3n) is 4.93. The second kappa shape index (κ2) is 7.56. The monoisotopic (exact) mass is 296 g/mol. The van der Waals surface area contributed by atoms with Gasteiger partial charge in [-0.1, -0.05) is 0 Å². The van der Waals surface area contributed by atoms with E-state index in [0.29, 0.717) is 31.0 Å². The lowest BCUT2D eigenvalue weighted by atomic mass is 9.89. The minimum atomic E-state index is 0.213. The van der Waals surface area contributed by atoms with E-state index in [1.54, 1.807) is 0 Å². The summed E-state index contributed by atoms with van der Waals surface area (Å²) < 4.78 is 10.9. The third kappa shape index (κ3) is 4.66. The summed E-state index contributed by atoms with van der Waals surface area (Å²) in [6.45, 7) is 2.99. The molecule has 2 N–H and O–H groups in total. The molecule has 0 aromatic carbocycles. The first-order valence-electron chi connectivity index (χ1n) is 8.51. The van der Waals surface area contributed by atoms with E-state index in [2.05, 4.69) is 10.6 Å². The Morgan fingerprint density at radius 2 is 2.05 bits per heavy atom. The molecule has 3 unspecified atom stereocenters. The van der Waals surface area contributed by atoms with E-state index in [4.69, 9.17) is 9.47 Å². The van der Waals surface area contributed by atoms with Crippen LogP contribution in [0.1, 0.15) is 44.9 Å². The van der Waals surface area contributed by atoms with Crippen molar-refractivity contribution >= 4 is 5.91 Å². The molecule has 1 amide bonds. The molecule has 3 heterocycles. The number of carbonyl (C=O) groups is 1. The third-order valence-corrected chi connectivity index (χ3v) is 4.93. The largest absolute Gasteiger partial charge is 0.379 e. The van der Waals surface area contributed by atoms with Gasteiger partial charge < -0.3 is 20.1 Å². The van der Waals surface area contributed by atoms with Crippen molar-refractivity contribution in [3.63, 3.8) is 0 Å². The van der Waals surface area contributed by atoms with Gasteiger partial charge in [0.2, 0.25) is 5.91 Å². The van der Waals surface area contributed by atoms with Gasteiger partial charge >= 0.3 is 0 Å². The number of hydrogen-bond acceptors (Lipinski definition) is 4. The minimum Gasteiger partial charge on any atom is -0.379 e.